The number of aliphatic imine (C=N–C) groups is 1. The van der Waals surface area contributed by atoms with Crippen molar-refractivity contribution in [1.82, 2.24) is 10.6 Å². The molecule has 1 aliphatic rings. The van der Waals surface area contributed by atoms with Crippen molar-refractivity contribution in [3.05, 3.63) is 65.2 Å². The van der Waals surface area contributed by atoms with Gasteiger partial charge in [-0.3, -0.25) is 4.99 Å². The number of hydrogen-bond acceptors (Lipinski definition) is 4. The number of rotatable bonds is 9. The van der Waals surface area contributed by atoms with Crippen LogP contribution in [0, 0.1) is 0 Å². The van der Waals surface area contributed by atoms with Crippen LogP contribution in [0.1, 0.15) is 36.5 Å². The lowest BCUT2D eigenvalue weighted by Gasteiger charge is -2.22. The monoisotopic (exact) mass is 539 g/mol. The van der Waals surface area contributed by atoms with Crippen LogP contribution < -0.4 is 15.4 Å². The molecular weight excluding hydrogens is 505 g/mol. The summed E-state index contributed by atoms with van der Waals surface area (Å²) in [7, 11) is 1.78. The minimum atomic E-state index is 0. The largest absolute Gasteiger partial charge is 0.494 e. The van der Waals surface area contributed by atoms with Crippen LogP contribution in [0.25, 0.3) is 0 Å². The third-order valence-corrected chi connectivity index (χ3v) is 5.05. The van der Waals surface area contributed by atoms with E-state index in [0.29, 0.717) is 32.4 Å². The molecule has 0 aromatic heterocycles. The molecule has 0 bridgehead atoms. The van der Waals surface area contributed by atoms with Gasteiger partial charge < -0.3 is 24.8 Å². The van der Waals surface area contributed by atoms with Gasteiger partial charge in [-0.25, -0.2) is 0 Å². The van der Waals surface area contributed by atoms with Crippen LogP contribution in [0.2, 0.25) is 0 Å². The molecule has 1 heterocycles. The van der Waals surface area contributed by atoms with Crippen molar-refractivity contribution >= 4 is 29.9 Å². The maximum absolute atomic E-state index is 6.04. The minimum Gasteiger partial charge on any atom is -0.494 e. The molecule has 1 fully saturated rings. The molecule has 1 aliphatic heterocycles. The number of halogens is 1. The fourth-order valence-electron chi connectivity index (χ4n) is 3.42. The van der Waals surface area contributed by atoms with E-state index in [1.165, 1.54) is 11.1 Å². The molecule has 0 atom stereocenters. The summed E-state index contributed by atoms with van der Waals surface area (Å²) in [5, 5.41) is 6.74. The summed E-state index contributed by atoms with van der Waals surface area (Å²) in [6.07, 6.45) is 2.27. The smallest absolute Gasteiger partial charge is 0.191 e. The highest BCUT2D eigenvalue weighted by atomic mass is 127. The number of guanidine groups is 1. The molecule has 170 valence electrons. The van der Waals surface area contributed by atoms with E-state index in [0.717, 1.165) is 43.3 Å². The molecule has 6 nitrogen and oxygen atoms in total. The average Bonchev–Trinajstić information content (AvgIpc) is 2.80. The van der Waals surface area contributed by atoms with Crippen LogP contribution >= 0.6 is 24.0 Å². The van der Waals surface area contributed by atoms with Crippen LogP contribution in [0.3, 0.4) is 0 Å². The SMILES string of the molecule is CCOc1ccccc1CNC(=NC)NCc1cccc(COC2CCOCC2)c1.I. The van der Waals surface area contributed by atoms with E-state index < -0.39 is 0 Å². The maximum Gasteiger partial charge on any atom is 0.191 e. The molecule has 3 rings (SSSR count). The zero-order valence-electron chi connectivity index (χ0n) is 18.4. The molecule has 0 saturated carbocycles. The Labute approximate surface area is 202 Å². The lowest BCUT2D eigenvalue weighted by Crippen LogP contribution is -2.36. The number of nitrogens with zero attached hydrogens (tertiary/aromatic N) is 1. The number of ether oxygens (including phenoxy) is 3. The summed E-state index contributed by atoms with van der Waals surface area (Å²) in [4.78, 5) is 4.33. The molecule has 0 radical (unpaired) electrons. The summed E-state index contributed by atoms with van der Waals surface area (Å²) >= 11 is 0. The summed E-state index contributed by atoms with van der Waals surface area (Å²) in [5.41, 5.74) is 3.49. The van der Waals surface area contributed by atoms with Gasteiger partial charge in [0.05, 0.1) is 19.3 Å². The van der Waals surface area contributed by atoms with E-state index in [9.17, 15) is 0 Å². The quantitative estimate of drug-likeness (QED) is 0.283. The summed E-state index contributed by atoms with van der Waals surface area (Å²) in [6.45, 7) is 6.23. The topological polar surface area (TPSA) is 64.1 Å². The van der Waals surface area contributed by atoms with Gasteiger partial charge in [0.1, 0.15) is 5.75 Å². The third kappa shape index (κ3) is 8.66. The fourth-order valence-corrected chi connectivity index (χ4v) is 3.42. The molecule has 0 aliphatic carbocycles. The Morgan fingerprint density at radius 1 is 1.03 bits per heavy atom. The van der Waals surface area contributed by atoms with E-state index >= 15 is 0 Å². The normalized spacial score (nSPS) is 14.6. The summed E-state index contributed by atoms with van der Waals surface area (Å²) < 4.78 is 17.1. The van der Waals surface area contributed by atoms with E-state index in [1.54, 1.807) is 7.05 Å². The molecule has 7 heteroatoms. The lowest BCUT2D eigenvalue weighted by atomic mass is 10.1. The van der Waals surface area contributed by atoms with E-state index in [4.69, 9.17) is 14.2 Å². The molecule has 2 aromatic rings. The Bertz CT molecular complexity index is 810. The highest BCUT2D eigenvalue weighted by Gasteiger charge is 2.14. The second-order valence-electron chi connectivity index (χ2n) is 7.26. The Balaban J connectivity index is 0.00000341. The van der Waals surface area contributed by atoms with Crippen molar-refractivity contribution in [3.63, 3.8) is 0 Å². The number of benzene rings is 2. The highest BCUT2D eigenvalue weighted by Crippen LogP contribution is 2.17. The van der Waals surface area contributed by atoms with Crippen LogP contribution in [0.5, 0.6) is 5.75 Å². The van der Waals surface area contributed by atoms with Gasteiger partial charge in [0, 0.05) is 38.9 Å². The minimum absolute atomic E-state index is 0. The highest BCUT2D eigenvalue weighted by molar-refractivity contribution is 14.0. The third-order valence-electron chi connectivity index (χ3n) is 5.05. The van der Waals surface area contributed by atoms with Gasteiger partial charge in [0.25, 0.3) is 0 Å². The van der Waals surface area contributed by atoms with Crippen molar-refractivity contribution < 1.29 is 14.2 Å². The predicted octanol–water partition coefficient (Wildman–Crippen LogP) is 4.26. The second kappa shape index (κ2) is 14.3. The molecule has 31 heavy (non-hydrogen) atoms. The van der Waals surface area contributed by atoms with Crippen LogP contribution in [-0.4, -0.2) is 38.9 Å². The number of hydrogen-bond donors (Lipinski definition) is 2. The second-order valence-corrected chi connectivity index (χ2v) is 7.26. The van der Waals surface area contributed by atoms with Crippen LogP contribution in [0.15, 0.2) is 53.5 Å². The van der Waals surface area contributed by atoms with Gasteiger partial charge in [-0.1, -0.05) is 42.5 Å². The predicted molar refractivity (Wildman–Crippen MR) is 135 cm³/mol. The van der Waals surface area contributed by atoms with Crippen molar-refractivity contribution in [2.45, 2.75) is 45.6 Å². The van der Waals surface area contributed by atoms with Crippen LogP contribution in [0.4, 0.5) is 0 Å². The Hall–Kier alpha value is -1.84. The number of para-hydroxylation sites is 1. The van der Waals surface area contributed by atoms with Crippen molar-refractivity contribution in [2.75, 3.05) is 26.9 Å². The zero-order valence-corrected chi connectivity index (χ0v) is 20.8. The first-order chi connectivity index (χ1) is 14.8. The lowest BCUT2D eigenvalue weighted by molar-refractivity contribution is -0.0390. The van der Waals surface area contributed by atoms with E-state index in [-0.39, 0.29) is 24.0 Å². The van der Waals surface area contributed by atoms with Gasteiger partial charge in [0.15, 0.2) is 5.96 Å². The van der Waals surface area contributed by atoms with Gasteiger partial charge in [-0.15, -0.1) is 24.0 Å². The fraction of sp³-hybridized carbons (Fsp3) is 0.458. The van der Waals surface area contributed by atoms with E-state index in [2.05, 4.69) is 46.0 Å². The number of nitrogens with one attached hydrogen (secondary N) is 2. The standard InChI is InChI=1S/C24H33N3O3.HI/c1-3-29-23-10-5-4-9-21(23)17-27-24(25-2)26-16-19-7-6-8-20(15-19)18-30-22-11-13-28-14-12-22;/h4-10,15,22H,3,11-14,16-18H2,1-2H3,(H2,25,26,27);1H. The van der Waals surface area contributed by atoms with Gasteiger partial charge in [-0.2, -0.15) is 0 Å². The molecule has 0 unspecified atom stereocenters. The molecule has 2 N–H and O–H groups in total. The maximum atomic E-state index is 6.04. The van der Waals surface area contributed by atoms with Gasteiger partial charge in [0.2, 0.25) is 0 Å². The molecule has 0 spiro atoms. The Morgan fingerprint density at radius 3 is 2.55 bits per heavy atom. The molecule has 0 amide bonds. The molecule has 1 saturated heterocycles. The van der Waals surface area contributed by atoms with Gasteiger partial charge >= 0.3 is 0 Å². The zero-order chi connectivity index (χ0) is 21.0. The van der Waals surface area contributed by atoms with Crippen molar-refractivity contribution in [2.24, 2.45) is 4.99 Å². The van der Waals surface area contributed by atoms with E-state index in [1.807, 2.05) is 25.1 Å². The molecular formula is C24H34IN3O3. The first-order valence-corrected chi connectivity index (χ1v) is 10.7. The van der Waals surface area contributed by atoms with Crippen molar-refractivity contribution in [3.8, 4) is 5.75 Å². The summed E-state index contributed by atoms with van der Waals surface area (Å²) in [6, 6.07) is 16.5. The average molecular weight is 539 g/mol. The van der Waals surface area contributed by atoms with Crippen molar-refractivity contribution in [1.29, 1.82) is 0 Å². The Morgan fingerprint density at radius 2 is 1.77 bits per heavy atom. The van der Waals surface area contributed by atoms with Gasteiger partial charge in [-0.05, 0) is 37.0 Å². The Kier molecular flexibility index (Phi) is 11.7. The molecule has 2 aromatic carbocycles. The first-order valence-electron chi connectivity index (χ1n) is 10.7. The van der Waals surface area contributed by atoms with Crippen LogP contribution in [-0.2, 0) is 29.2 Å². The first kappa shape index (κ1) is 25.4. The summed E-state index contributed by atoms with van der Waals surface area (Å²) in [5.74, 6) is 1.66.